The minimum atomic E-state index is 0.781. The summed E-state index contributed by atoms with van der Waals surface area (Å²) in [6.45, 7) is 4.68. The smallest absolute Gasteiger partial charge is 0.0925 e. The molecule has 0 unspecified atom stereocenters. The molecule has 0 spiro atoms. The normalized spacial score (nSPS) is 10.6. The second kappa shape index (κ2) is 5.72. The number of aromatic nitrogens is 2. The number of nitrogens with two attached hydrogens (primary N) is 1. The molecule has 13 heavy (non-hydrogen) atoms. The minimum Gasteiger partial charge on any atom is -0.348 e. The summed E-state index contributed by atoms with van der Waals surface area (Å²) in [6, 6.07) is 0. The highest BCUT2D eigenvalue weighted by atomic mass is 14.9. The first-order chi connectivity index (χ1) is 6.34. The largest absolute Gasteiger partial charge is 0.348 e. The summed E-state index contributed by atoms with van der Waals surface area (Å²) in [6.07, 6.45) is 3.96. The molecule has 0 amide bonds. The summed E-state index contributed by atoms with van der Waals surface area (Å²) in [5, 5.41) is 3.33. The average molecular weight is 182 g/mol. The lowest BCUT2D eigenvalue weighted by atomic mass is 10.3. The fourth-order valence-corrected chi connectivity index (χ4v) is 1.17. The average Bonchev–Trinajstić information content (AvgIpc) is 2.52. The van der Waals surface area contributed by atoms with Crippen LogP contribution in [0, 0.1) is 6.92 Å². The Balaban J connectivity index is 2.10. The highest BCUT2D eigenvalue weighted by molar-refractivity contribution is 5.07. The number of H-pyrrole nitrogens is 1. The van der Waals surface area contributed by atoms with Crippen molar-refractivity contribution < 1.29 is 0 Å². The van der Waals surface area contributed by atoms with Crippen molar-refractivity contribution in [2.24, 2.45) is 5.73 Å². The number of rotatable bonds is 6. The van der Waals surface area contributed by atoms with Crippen molar-refractivity contribution in [3.63, 3.8) is 0 Å². The maximum absolute atomic E-state index is 5.38. The van der Waals surface area contributed by atoms with Crippen LogP contribution in [0.3, 0.4) is 0 Å². The zero-order chi connectivity index (χ0) is 9.52. The van der Waals surface area contributed by atoms with Gasteiger partial charge in [0.05, 0.1) is 12.0 Å². The van der Waals surface area contributed by atoms with E-state index in [1.807, 2.05) is 6.92 Å². The van der Waals surface area contributed by atoms with E-state index in [1.165, 1.54) is 0 Å². The van der Waals surface area contributed by atoms with E-state index in [0.29, 0.717) is 0 Å². The summed E-state index contributed by atoms with van der Waals surface area (Å²) >= 11 is 0. The van der Waals surface area contributed by atoms with Crippen LogP contribution in [0.25, 0.3) is 0 Å². The van der Waals surface area contributed by atoms with Crippen LogP contribution < -0.4 is 11.1 Å². The van der Waals surface area contributed by atoms with Gasteiger partial charge in [-0.2, -0.15) is 0 Å². The van der Waals surface area contributed by atoms with Crippen LogP contribution in [-0.2, 0) is 6.54 Å². The van der Waals surface area contributed by atoms with Crippen molar-refractivity contribution in [1.29, 1.82) is 0 Å². The van der Waals surface area contributed by atoms with Gasteiger partial charge in [0.2, 0.25) is 0 Å². The molecule has 1 aromatic rings. The van der Waals surface area contributed by atoms with Crippen LogP contribution in [0.2, 0.25) is 0 Å². The van der Waals surface area contributed by atoms with Gasteiger partial charge >= 0.3 is 0 Å². The van der Waals surface area contributed by atoms with Gasteiger partial charge in [0.25, 0.3) is 0 Å². The first-order valence-corrected chi connectivity index (χ1v) is 4.74. The molecule has 1 heterocycles. The molecule has 0 saturated heterocycles. The van der Waals surface area contributed by atoms with Gasteiger partial charge in [-0.25, -0.2) is 4.98 Å². The fraction of sp³-hybridized carbons (Fsp3) is 0.667. The van der Waals surface area contributed by atoms with Gasteiger partial charge in [0.1, 0.15) is 0 Å². The Bertz CT molecular complexity index is 231. The number of aromatic amines is 1. The van der Waals surface area contributed by atoms with Gasteiger partial charge in [-0.15, -0.1) is 0 Å². The number of nitrogens with one attached hydrogen (secondary N) is 2. The lowest BCUT2D eigenvalue weighted by Gasteiger charge is -2.02. The van der Waals surface area contributed by atoms with E-state index in [-0.39, 0.29) is 0 Å². The maximum atomic E-state index is 5.38. The predicted molar refractivity (Wildman–Crippen MR) is 53.3 cm³/mol. The van der Waals surface area contributed by atoms with Crippen LogP contribution in [0.5, 0.6) is 0 Å². The summed E-state index contributed by atoms with van der Waals surface area (Å²) < 4.78 is 0. The van der Waals surface area contributed by atoms with Crippen LogP contribution >= 0.6 is 0 Å². The third-order valence-corrected chi connectivity index (χ3v) is 2.03. The van der Waals surface area contributed by atoms with Crippen LogP contribution in [-0.4, -0.2) is 23.1 Å². The first-order valence-electron chi connectivity index (χ1n) is 4.74. The summed E-state index contributed by atoms with van der Waals surface area (Å²) in [5.41, 5.74) is 7.63. The Hall–Kier alpha value is -0.870. The van der Waals surface area contributed by atoms with E-state index in [1.54, 1.807) is 6.33 Å². The second-order valence-electron chi connectivity index (χ2n) is 3.15. The second-order valence-corrected chi connectivity index (χ2v) is 3.15. The van der Waals surface area contributed by atoms with E-state index >= 15 is 0 Å². The Morgan fingerprint density at radius 1 is 1.54 bits per heavy atom. The molecular formula is C9H18N4. The number of imidazole rings is 1. The van der Waals surface area contributed by atoms with E-state index in [2.05, 4.69) is 15.3 Å². The molecule has 74 valence electrons. The number of aryl methyl sites for hydroxylation is 1. The molecular weight excluding hydrogens is 164 g/mol. The van der Waals surface area contributed by atoms with Crippen molar-refractivity contribution in [3.05, 3.63) is 17.7 Å². The molecule has 0 aliphatic carbocycles. The Morgan fingerprint density at radius 3 is 3.00 bits per heavy atom. The monoisotopic (exact) mass is 182 g/mol. The lowest BCUT2D eigenvalue weighted by molar-refractivity contribution is 0.620. The molecule has 0 radical (unpaired) electrons. The number of hydrogen-bond donors (Lipinski definition) is 3. The van der Waals surface area contributed by atoms with Crippen molar-refractivity contribution in [1.82, 2.24) is 15.3 Å². The summed E-state index contributed by atoms with van der Waals surface area (Å²) in [4.78, 5) is 7.24. The molecule has 0 saturated carbocycles. The molecule has 1 rings (SSSR count). The van der Waals surface area contributed by atoms with Crippen molar-refractivity contribution in [3.8, 4) is 0 Å². The first kappa shape index (κ1) is 10.2. The zero-order valence-corrected chi connectivity index (χ0v) is 8.14. The highest BCUT2D eigenvalue weighted by Gasteiger charge is 1.98. The quantitative estimate of drug-likeness (QED) is 0.563. The molecule has 0 atom stereocenters. The third-order valence-electron chi connectivity index (χ3n) is 2.03. The Kier molecular flexibility index (Phi) is 4.49. The third kappa shape index (κ3) is 3.57. The van der Waals surface area contributed by atoms with Gasteiger partial charge < -0.3 is 16.0 Å². The molecule has 0 aliphatic rings. The molecule has 4 heteroatoms. The summed E-state index contributed by atoms with van der Waals surface area (Å²) in [5.74, 6) is 0. The molecule has 0 bridgehead atoms. The number of unbranched alkanes of at least 4 members (excludes halogenated alkanes) is 1. The van der Waals surface area contributed by atoms with E-state index < -0.39 is 0 Å². The molecule has 4 nitrogen and oxygen atoms in total. The van der Waals surface area contributed by atoms with E-state index in [4.69, 9.17) is 5.73 Å². The Morgan fingerprint density at radius 2 is 2.38 bits per heavy atom. The summed E-state index contributed by atoms with van der Waals surface area (Å²) in [7, 11) is 0. The van der Waals surface area contributed by atoms with E-state index in [9.17, 15) is 0 Å². The number of nitrogens with zero attached hydrogens (tertiary/aromatic N) is 1. The van der Waals surface area contributed by atoms with E-state index in [0.717, 1.165) is 43.9 Å². The lowest BCUT2D eigenvalue weighted by Crippen LogP contribution is -2.16. The van der Waals surface area contributed by atoms with Gasteiger partial charge in [0, 0.05) is 12.2 Å². The topological polar surface area (TPSA) is 66.7 Å². The zero-order valence-electron chi connectivity index (χ0n) is 8.14. The van der Waals surface area contributed by atoms with Crippen molar-refractivity contribution in [2.75, 3.05) is 13.1 Å². The molecule has 4 N–H and O–H groups in total. The van der Waals surface area contributed by atoms with Gasteiger partial charge in [-0.3, -0.25) is 0 Å². The number of hydrogen-bond acceptors (Lipinski definition) is 3. The Labute approximate surface area is 78.9 Å². The van der Waals surface area contributed by atoms with Crippen molar-refractivity contribution >= 4 is 0 Å². The van der Waals surface area contributed by atoms with Gasteiger partial charge in [-0.1, -0.05) is 0 Å². The van der Waals surface area contributed by atoms with Crippen molar-refractivity contribution in [2.45, 2.75) is 26.3 Å². The van der Waals surface area contributed by atoms with Gasteiger partial charge in [0.15, 0.2) is 0 Å². The standard InChI is InChI=1S/C9H18N4/c1-8-9(13-7-12-8)6-11-5-3-2-4-10/h7,11H,2-6,10H2,1H3,(H,12,13). The SMILES string of the molecule is Cc1[nH]cnc1CNCCCCN. The molecule has 0 aromatic carbocycles. The van der Waals surface area contributed by atoms with Gasteiger partial charge in [-0.05, 0) is 32.9 Å². The highest BCUT2D eigenvalue weighted by Crippen LogP contribution is 1.98. The van der Waals surface area contributed by atoms with Crippen LogP contribution in [0.4, 0.5) is 0 Å². The van der Waals surface area contributed by atoms with Crippen LogP contribution in [0.15, 0.2) is 6.33 Å². The minimum absolute atomic E-state index is 0.781. The van der Waals surface area contributed by atoms with Crippen LogP contribution in [0.1, 0.15) is 24.2 Å². The predicted octanol–water partition coefficient (Wildman–Crippen LogP) is 0.547. The molecule has 0 aliphatic heterocycles. The molecule has 0 fully saturated rings. The molecule has 1 aromatic heterocycles. The maximum Gasteiger partial charge on any atom is 0.0925 e. The fourth-order valence-electron chi connectivity index (χ4n) is 1.17.